The Morgan fingerprint density at radius 1 is 1.27 bits per heavy atom. The minimum atomic E-state index is -0.0356. The number of carbonyl (C=O) groups is 1. The van der Waals surface area contributed by atoms with Crippen molar-refractivity contribution in [1.29, 1.82) is 0 Å². The first-order chi connectivity index (χ1) is 14.4. The van der Waals surface area contributed by atoms with Crippen LogP contribution in [0.3, 0.4) is 0 Å². The predicted molar refractivity (Wildman–Crippen MR) is 118 cm³/mol. The van der Waals surface area contributed by atoms with Gasteiger partial charge in [-0.05, 0) is 42.9 Å². The average molecular weight is 421 g/mol. The molecule has 0 radical (unpaired) electrons. The van der Waals surface area contributed by atoms with Crippen LogP contribution in [0.2, 0.25) is 0 Å². The van der Waals surface area contributed by atoms with E-state index in [1.807, 2.05) is 12.1 Å². The van der Waals surface area contributed by atoms with Gasteiger partial charge in [0.05, 0.1) is 20.3 Å². The van der Waals surface area contributed by atoms with Crippen LogP contribution in [0.5, 0.6) is 11.5 Å². The fraction of sp³-hybridized carbons (Fsp3) is 0.636. The van der Waals surface area contributed by atoms with Gasteiger partial charge >= 0.3 is 0 Å². The van der Waals surface area contributed by atoms with Crippen LogP contribution < -0.4 is 20.1 Å². The lowest BCUT2D eigenvalue weighted by molar-refractivity contribution is -0.127. The van der Waals surface area contributed by atoms with Crippen molar-refractivity contribution in [2.24, 2.45) is 10.9 Å². The number of nitrogens with zero attached hydrogens (tertiary/aromatic N) is 2. The standard InChI is InChI=1S/C22H36N4O4/c1-16(11-17-8-9-19(28-4)20(12-17)29-5)13-23-22(25-15-21(27)26(2)3)24-14-18-7-6-10-30-18/h8-9,12,16,18H,6-7,10-11,13-15H2,1-5H3,(H2,23,24,25). The Labute approximate surface area is 180 Å². The molecule has 8 nitrogen and oxygen atoms in total. The largest absolute Gasteiger partial charge is 0.493 e. The Bertz CT molecular complexity index is 702. The minimum absolute atomic E-state index is 0.0356. The van der Waals surface area contributed by atoms with Gasteiger partial charge in [0.25, 0.3) is 0 Å². The number of ether oxygens (including phenoxy) is 3. The third-order valence-electron chi connectivity index (χ3n) is 5.04. The summed E-state index contributed by atoms with van der Waals surface area (Å²) >= 11 is 0. The first-order valence-corrected chi connectivity index (χ1v) is 10.5. The van der Waals surface area contributed by atoms with Crippen LogP contribution in [0, 0.1) is 5.92 Å². The Hall–Kier alpha value is -2.48. The molecule has 1 aromatic carbocycles. The maximum atomic E-state index is 11.9. The van der Waals surface area contributed by atoms with Crippen molar-refractivity contribution >= 4 is 11.9 Å². The number of amides is 1. The number of methoxy groups -OCH3 is 2. The van der Waals surface area contributed by atoms with E-state index in [0.29, 0.717) is 18.4 Å². The lowest BCUT2D eigenvalue weighted by Gasteiger charge is -2.19. The van der Waals surface area contributed by atoms with Gasteiger partial charge < -0.3 is 29.7 Å². The molecular formula is C22H36N4O4. The molecule has 0 spiro atoms. The molecule has 2 atom stereocenters. The Morgan fingerprint density at radius 3 is 2.67 bits per heavy atom. The van der Waals surface area contributed by atoms with Crippen LogP contribution in [-0.4, -0.2) is 77.4 Å². The summed E-state index contributed by atoms with van der Waals surface area (Å²) in [5, 5.41) is 6.68. The zero-order valence-corrected chi connectivity index (χ0v) is 18.9. The minimum Gasteiger partial charge on any atom is -0.493 e. The number of rotatable bonds is 10. The van der Waals surface area contributed by atoms with E-state index < -0.39 is 0 Å². The van der Waals surface area contributed by atoms with Crippen LogP contribution >= 0.6 is 0 Å². The maximum Gasteiger partial charge on any atom is 0.243 e. The second kappa shape index (κ2) is 12.3. The van der Waals surface area contributed by atoms with E-state index in [2.05, 4.69) is 28.6 Å². The highest BCUT2D eigenvalue weighted by Crippen LogP contribution is 2.28. The normalized spacial score (nSPS) is 17.4. The lowest BCUT2D eigenvalue weighted by Crippen LogP contribution is -2.43. The average Bonchev–Trinajstić information content (AvgIpc) is 3.26. The quantitative estimate of drug-likeness (QED) is 0.443. The van der Waals surface area contributed by atoms with Crippen molar-refractivity contribution in [3.8, 4) is 11.5 Å². The number of carbonyl (C=O) groups excluding carboxylic acids is 1. The van der Waals surface area contributed by atoms with E-state index in [-0.39, 0.29) is 18.6 Å². The molecule has 0 aromatic heterocycles. The van der Waals surface area contributed by atoms with Crippen LogP contribution in [0.25, 0.3) is 0 Å². The molecule has 0 bridgehead atoms. The molecular weight excluding hydrogens is 384 g/mol. The third-order valence-corrected chi connectivity index (χ3v) is 5.04. The number of nitrogens with one attached hydrogen (secondary N) is 2. The number of benzene rings is 1. The van der Waals surface area contributed by atoms with E-state index in [4.69, 9.17) is 14.2 Å². The van der Waals surface area contributed by atoms with Crippen molar-refractivity contribution in [2.75, 3.05) is 54.6 Å². The number of hydrogen-bond donors (Lipinski definition) is 2. The summed E-state index contributed by atoms with van der Waals surface area (Å²) in [6, 6.07) is 5.99. The van der Waals surface area contributed by atoms with E-state index in [1.54, 1.807) is 33.2 Å². The predicted octanol–water partition coefficient (Wildman–Crippen LogP) is 1.68. The summed E-state index contributed by atoms with van der Waals surface area (Å²) in [5.41, 5.74) is 1.18. The maximum absolute atomic E-state index is 11.9. The van der Waals surface area contributed by atoms with Gasteiger partial charge in [-0.3, -0.25) is 4.79 Å². The van der Waals surface area contributed by atoms with Gasteiger partial charge in [0.2, 0.25) is 5.91 Å². The van der Waals surface area contributed by atoms with Crippen molar-refractivity contribution in [3.05, 3.63) is 23.8 Å². The third kappa shape index (κ3) is 7.74. The Balaban J connectivity index is 1.91. The van der Waals surface area contributed by atoms with E-state index >= 15 is 0 Å². The van der Waals surface area contributed by atoms with Crippen LogP contribution in [0.1, 0.15) is 25.3 Å². The molecule has 2 N–H and O–H groups in total. The summed E-state index contributed by atoms with van der Waals surface area (Å²) in [4.78, 5) is 17.9. The van der Waals surface area contributed by atoms with Gasteiger partial charge in [-0.1, -0.05) is 13.0 Å². The highest BCUT2D eigenvalue weighted by molar-refractivity contribution is 5.84. The Kier molecular flexibility index (Phi) is 9.73. The fourth-order valence-corrected chi connectivity index (χ4v) is 3.23. The smallest absolute Gasteiger partial charge is 0.243 e. The highest BCUT2D eigenvalue weighted by Gasteiger charge is 2.16. The van der Waals surface area contributed by atoms with Crippen molar-refractivity contribution in [2.45, 2.75) is 32.3 Å². The molecule has 30 heavy (non-hydrogen) atoms. The molecule has 1 fully saturated rings. The second-order valence-electron chi connectivity index (χ2n) is 7.85. The van der Waals surface area contributed by atoms with Gasteiger partial charge in [-0.15, -0.1) is 0 Å². The Morgan fingerprint density at radius 2 is 2.03 bits per heavy atom. The first-order valence-electron chi connectivity index (χ1n) is 10.5. The second-order valence-corrected chi connectivity index (χ2v) is 7.85. The van der Waals surface area contributed by atoms with E-state index in [0.717, 1.165) is 43.9 Å². The molecule has 0 aliphatic carbocycles. The molecule has 1 aliphatic heterocycles. The summed E-state index contributed by atoms with van der Waals surface area (Å²) in [7, 11) is 6.74. The molecule has 168 valence electrons. The SMILES string of the molecule is COc1ccc(CC(C)CNC(=NCC(=O)N(C)C)NCC2CCCO2)cc1OC. The zero-order chi connectivity index (χ0) is 21.9. The van der Waals surface area contributed by atoms with Crippen LogP contribution in [-0.2, 0) is 16.0 Å². The van der Waals surface area contributed by atoms with Gasteiger partial charge in [-0.2, -0.15) is 0 Å². The molecule has 0 saturated carbocycles. The molecule has 1 heterocycles. The number of aliphatic imine (C=N–C) groups is 1. The van der Waals surface area contributed by atoms with E-state index in [9.17, 15) is 4.79 Å². The van der Waals surface area contributed by atoms with Crippen molar-refractivity contribution in [3.63, 3.8) is 0 Å². The topological polar surface area (TPSA) is 84.4 Å². The summed E-state index contributed by atoms with van der Waals surface area (Å²) in [6.07, 6.45) is 3.22. The van der Waals surface area contributed by atoms with Gasteiger partial charge in [0.1, 0.15) is 6.54 Å². The van der Waals surface area contributed by atoms with Crippen LogP contribution in [0.15, 0.2) is 23.2 Å². The van der Waals surface area contributed by atoms with Gasteiger partial charge in [0, 0.05) is 33.8 Å². The van der Waals surface area contributed by atoms with Gasteiger partial charge in [0.15, 0.2) is 17.5 Å². The molecule has 8 heteroatoms. The molecule has 1 aliphatic rings. The molecule has 1 amide bonds. The summed E-state index contributed by atoms with van der Waals surface area (Å²) < 4.78 is 16.4. The highest BCUT2D eigenvalue weighted by atomic mass is 16.5. The summed E-state index contributed by atoms with van der Waals surface area (Å²) in [5.74, 6) is 2.41. The number of hydrogen-bond acceptors (Lipinski definition) is 5. The molecule has 2 rings (SSSR count). The van der Waals surface area contributed by atoms with Gasteiger partial charge in [-0.25, -0.2) is 4.99 Å². The lowest BCUT2D eigenvalue weighted by atomic mass is 10.0. The van der Waals surface area contributed by atoms with Crippen molar-refractivity contribution < 1.29 is 19.0 Å². The monoisotopic (exact) mass is 420 g/mol. The van der Waals surface area contributed by atoms with Crippen molar-refractivity contribution in [1.82, 2.24) is 15.5 Å². The molecule has 1 saturated heterocycles. The molecule has 2 unspecified atom stereocenters. The number of likely N-dealkylation sites (N-methyl/N-ethyl adjacent to an activating group) is 1. The fourth-order valence-electron chi connectivity index (χ4n) is 3.23. The van der Waals surface area contributed by atoms with E-state index in [1.165, 1.54) is 5.56 Å². The first kappa shape index (κ1) is 23.8. The molecule has 1 aromatic rings. The summed E-state index contributed by atoms with van der Waals surface area (Å²) in [6.45, 7) is 4.51. The zero-order valence-electron chi connectivity index (χ0n) is 18.9. The van der Waals surface area contributed by atoms with Crippen LogP contribution in [0.4, 0.5) is 0 Å². The number of guanidine groups is 1.